The van der Waals surface area contributed by atoms with Crippen molar-refractivity contribution in [2.75, 3.05) is 5.32 Å². The molecule has 0 aliphatic heterocycles. The van der Waals surface area contributed by atoms with Crippen LogP contribution >= 0.6 is 34.5 Å². The molecule has 0 aliphatic rings. The zero-order valence-electron chi connectivity index (χ0n) is 16.6. The first-order chi connectivity index (χ1) is 15.0. The van der Waals surface area contributed by atoms with Gasteiger partial charge >= 0.3 is 0 Å². The van der Waals surface area contributed by atoms with E-state index in [1.165, 1.54) is 6.92 Å². The molecule has 1 N–H and O–H groups in total. The monoisotopic (exact) mass is 468 g/mol. The van der Waals surface area contributed by atoms with Gasteiger partial charge in [-0.2, -0.15) is 0 Å². The van der Waals surface area contributed by atoms with Gasteiger partial charge in [0.15, 0.2) is 5.82 Å². The molecule has 0 atom stereocenters. The molecule has 4 rings (SSSR count). The van der Waals surface area contributed by atoms with E-state index < -0.39 is 0 Å². The van der Waals surface area contributed by atoms with Gasteiger partial charge in [0, 0.05) is 58.1 Å². The van der Waals surface area contributed by atoms with E-state index >= 15 is 0 Å². The van der Waals surface area contributed by atoms with E-state index in [-0.39, 0.29) is 5.91 Å². The van der Waals surface area contributed by atoms with Crippen LogP contribution in [0.5, 0.6) is 0 Å². The first kappa shape index (κ1) is 21.3. The number of anilines is 1. The molecule has 0 unspecified atom stereocenters. The zero-order valence-corrected chi connectivity index (χ0v) is 18.9. The third-order valence-corrected chi connectivity index (χ3v) is 6.27. The molecule has 3 heterocycles. The topological polar surface area (TPSA) is 59.8 Å². The minimum Gasteiger partial charge on any atom is -0.326 e. The minimum absolute atomic E-state index is 0.170. The summed E-state index contributed by atoms with van der Waals surface area (Å²) < 4.78 is 2.03. The Morgan fingerprint density at radius 1 is 1.16 bits per heavy atom. The molecule has 156 valence electrons. The lowest BCUT2D eigenvalue weighted by molar-refractivity contribution is -0.114. The maximum atomic E-state index is 11.4. The molecule has 4 aromatic rings. The normalized spacial score (nSPS) is 10.8. The Morgan fingerprint density at radius 2 is 2.00 bits per heavy atom. The number of thiophene rings is 1. The van der Waals surface area contributed by atoms with E-state index in [9.17, 15) is 4.79 Å². The average molecular weight is 469 g/mol. The summed E-state index contributed by atoms with van der Waals surface area (Å²) >= 11 is 14.3. The van der Waals surface area contributed by atoms with Crippen molar-refractivity contribution >= 4 is 46.3 Å². The number of benzene rings is 1. The van der Waals surface area contributed by atoms with E-state index in [0.717, 1.165) is 32.3 Å². The molecular weight excluding hydrogens is 451 g/mol. The molecule has 0 radical (unpaired) electrons. The van der Waals surface area contributed by atoms with Crippen molar-refractivity contribution in [2.45, 2.75) is 13.5 Å². The molecule has 8 heteroatoms. The Labute approximate surface area is 194 Å². The average Bonchev–Trinajstić information content (AvgIpc) is 3.35. The van der Waals surface area contributed by atoms with Crippen LogP contribution in [0.4, 0.5) is 5.82 Å². The molecule has 5 nitrogen and oxygen atoms in total. The fraction of sp³-hybridized carbons (Fsp3) is 0.0870. The summed E-state index contributed by atoms with van der Waals surface area (Å²) in [5.74, 6) is 1.16. The highest BCUT2D eigenvalue weighted by molar-refractivity contribution is 7.19. The summed E-state index contributed by atoms with van der Waals surface area (Å²) in [6, 6.07) is 11.3. The molecule has 0 saturated heterocycles. The zero-order chi connectivity index (χ0) is 22.0. The van der Waals surface area contributed by atoms with Crippen LogP contribution in [0, 0.1) is 0 Å². The Balaban J connectivity index is 1.89. The Kier molecular flexibility index (Phi) is 6.23. The molecule has 3 aromatic heterocycles. The van der Waals surface area contributed by atoms with Gasteiger partial charge < -0.3 is 9.88 Å². The number of aromatic nitrogens is 3. The van der Waals surface area contributed by atoms with Crippen LogP contribution in [-0.2, 0) is 11.3 Å². The molecule has 0 spiro atoms. The van der Waals surface area contributed by atoms with Gasteiger partial charge in [-0.05, 0) is 35.9 Å². The lowest BCUT2D eigenvalue weighted by atomic mass is 10.0. The number of pyridine rings is 1. The largest absolute Gasteiger partial charge is 0.326 e. The molecule has 0 bridgehead atoms. The second-order valence-electron chi connectivity index (χ2n) is 6.78. The van der Waals surface area contributed by atoms with Gasteiger partial charge in [-0.15, -0.1) is 17.9 Å². The van der Waals surface area contributed by atoms with Gasteiger partial charge in [0.25, 0.3) is 0 Å². The van der Waals surface area contributed by atoms with Crippen molar-refractivity contribution in [3.63, 3.8) is 0 Å². The third-order valence-electron chi connectivity index (χ3n) is 4.55. The Morgan fingerprint density at radius 3 is 2.74 bits per heavy atom. The van der Waals surface area contributed by atoms with E-state index in [1.807, 2.05) is 41.1 Å². The van der Waals surface area contributed by atoms with Gasteiger partial charge in [-0.25, -0.2) is 9.97 Å². The minimum atomic E-state index is -0.170. The van der Waals surface area contributed by atoms with Crippen molar-refractivity contribution in [1.29, 1.82) is 0 Å². The maximum absolute atomic E-state index is 11.4. The van der Waals surface area contributed by atoms with Gasteiger partial charge in [-0.3, -0.25) is 4.79 Å². The number of imidazole rings is 1. The van der Waals surface area contributed by atoms with Crippen molar-refractivity contribution in [1.82, 2.24) is 14.5 Å². The number of hydrogen-bond donors (Lipinski definition) is 1. The van der Waals surface area contributed by atoms with Crippen LogP contribution in [0.2, 0.25) is 10.0 Å². The van der Waals surface area contributed by atoms with Crippen molar-refractivity contribution in [3.05, 3.63) is 77.7 Å². The number of carbonyl (C=O) groups excluding carboxylic acids is 1. The van der Waals surface area contributed by atoms with Crippen LogP contribution in [0.3, 0.4) is 0 Å². The highest BCUT2D eigenvalue weighted by Gasteiger charge is 2.20. The predicted octanol–water partition coefficient (Wildman–Crippen LogP) is 6.79. The molecular formula is C23H18Cl2N4OS. The van der Waals surface area contributed by atoms with Gasteiger partial charge in [0.2, 0.25) is 5.91 Å². The summed E-state index contributed by atoms with van der Waals surface area (Å²) in [6.07, 6.45) is 7.20. The van der Waals surface area contributed by atoms with Crippen molar-refractivity contribution in [2.24, 2.45) is 0 Å². The second kappa shape index (κ2) is 9.06. The quantitative estimate of drug-likeness (QED) is 0.316. The summed E-state index contributed by atoms with van der Waals surface area (Å²) in [6.45, 7) is 5.93. The van der Waals surface area contributed by atoms with Crippen LogP contribution in [0.15, 0.2) is 67.6 Å². The summed E-state index contributed by atoms with van der Waals surface area (Å²) in [4.78, 5) is 22.2. The van der Waals surface area contributed by atoms with Crippen molar-refractivity contribution in [3.8, 4) is 32.3 Å². The fourth-order valence-corrected chi connectivity index (χ4v) is 4.94. The van der Waals surface area contributed by atoms with E-state index in [1.54, 1.807) is 29.8 Å². The highest BCUT2D eigenvalue weighted by atomic mass is 35.5. The molecule has 31 heavy (non-hydrogen) atoms. The maximum Gasteiger partial charge on any atom is 0.222 e. The Hall–Kier alpha value is -2.93. The van der Waals surface area contributed by atoms with E-state index in [0.29, 0.717) is 22.4 Å². The van der Waals surface area contributed by atoms with Gasteiger partial charge in [-0.1, -0.05) is 35.3 Å². The highest BCUT2D eigenvalue weighted by Crippen LogP contribution is 2.45. The molecule has 1 amide bonds. The second-order valence-corrected chi connectivity index (χ2v) is 8.68. The predicted molar refractivity (Wildman–Crippen MR) is 129 cm³/mol. The smallest absolute Gasteiger partial charge is 0.222 e. The first-order valence-corrected chi connectivity index (χ1v) is 11.0. The lowest BCUT2D eigenvalue weighted by Crippen LogP contribution is -2.06. The van der Waals surface area contributed by atoms with Crippen LogP contribution in [0.25, 0.3) is 32.3 Å². The molecule has 0 saturated carbocycles. The van der Waals surface area contributed by atoms with E-state index in [2.05, 4.69) is 27.9 Å². The number of hydrogen-bond acceptors (Lipinski definition) is 4. The number of halogens is 2. The van der Waals surface area contributed by atoms with Crippen molar-refractivity contribution < 1.29 is 4.79 Å². The van der Waals surface area contributed by atoms with E-state index in [4.69, 9.17) is 23.2 Å². The van der Waals surface area contributed by atoms with Crippen LogP contribution in [0.1, 0.15) is 6.92 Å². The summed E-state index contributed by atoms with van der Waals surface area (Å²) in [7, 11) is 0. The van der Waals surface area contributed by atoms with Gasteiger partial charge in [0.05, 0.1) is 4.88 Å². The summed E-state index contributed by atoms with van der Waals surface area (Å²) in [5.41, 5.74) is 2.76. The lowest BCUT2D eigenvalue weighted by Gasteiger charge is -2.08. The fourth-order valence-electron chi connectivity index (χ4n) is 3.24. The molecule has 1 aromatic carbocycles. The van der Waals surface area contributed by atoms with Crippen LogP contribution in [-0.4, -0.2) is 20.4 Å². The van der Waals surface area contributed by atoms with Crippen LogP contribution < -0.4 is 5.32 Å². The number of nitrogens with one attached hydrogen (secondary N) is 1. The summed E-state index contributed by atoms with van der Waals surface area (Å²) in [5, 5.41) is 3.87. The Bertz CT molecular complexity index is 1280. The number of amides is 1. The molecule has 0 fully saturated rings. The standard InChI is InChI=1S/C23H18Cl2N4OS/c1-3-9-29-10-8-27-23(29)22-18(17-5-4-16(24)12-19(17)25)13-20(31-22)15-6-7-26-21(11-15)28-14(2)30/h3-8,10-13H,1,9H2,2H3,(H,26,28,30). The number of allylic oxidation sites excluding steroid dienone is 1. The molecule has 0 aliphatic carbocycles. The first-order valence-electron chi connectivity index (χ1n) is 9.42. The SMILES string of the molecule is C=CCn1ccnc1-c1sc(-c2ccnc(NC(C)=O)c2)cc1-c1ccc(Cl)cc1Cl. The number of carbonyl (C=O) groups is 1. The third kappa shape index (κ3) is 4.56. The number of rotatable bonds is 6. The van der Waals surface area contributed by atoms with Gasteiger partial charge in [0.1, 0.15) is 5.82 Å². The number of nitrogens with zero attached hydrogens (tertiary/aromatic N) is 3.